The molecule has 0 saturated heterocycles. The lowest BCUT2D eigenvalue weighted by Gasteiger charge is -2.29. The monoisotopic (exact) mass is 337 g/mol. The van der Waals surface area contributed by atoms with Gasteiger partial charge in [-0.3, -0.25) is 4.79 Å². The standard InChI is InChI=1S/C21H23NO3/c23-14-15-5-8-20-19(11-15)13-22(9-10-25-20)21(24)18-7-6-16-3-1-2-4-17(16)12-18/h1-5,8,11,18,23H,6-7,9-10,12-14H2. The summed E-state index contributed by atoms with van der Waals surface area (Å²) in [7, 11) is 0. The zero-order chi connectivity index (χ0) is 17.2. The van der Waals surface area contributed by atoms with Crippen LogP contribution in [0.5, 0.6) is 5.75 Å². The van der Waals surface area contributed by atoms with Crippen LogP contribution in [0.1, 0.15) is 28.7 Å². The van der Waals surface area contributed by atoms with E-state index in [0.717, 1.165) is 36.1 Å². The second-order valence-corrected chi connectivity index (χ2v) is 6.92. The maximum Gasteiger partial charge on any atom is 0.226 e. The Kier molecular flexibility index (Phi) is 4.45. The van der Waals surface area contributed by atoms with Crippen LogP contribution in [0.3, 0.4) is 0 Å². The van der Waals surface area contributed by atoms with Gasteiger partial charge < -0.3 is 14.7 Å². The van der Waals surface area contributed by atoms with Gasteiger partial charge in [-0.2, -0.15) is 0 Å². The van der Waals surface area contributed by atoms with Crippen molar-refractivity contribution in [1.82, 2.24) is 4.90 Å². The Labute approximate surface area is 148 Å². The lowest BCUT2D eigenvalue weighted by Crippen LogP contribution is -2.39. The number of carbonyl (C=O) groups is 1. The van der Waals surface area contributed by atoms with E-state index in [4.69, 9.17) is 4.74 Å². The van der Waals surface area contributed by atoms with Crippen LogP contribution in [0.2, 0.25) is 0 Å². The summed E-state index contributed by atoms with van der Waals surface area (Å²) in [5.74, 6) is 1.10. The highest BCUT2D eigenvalue weighted by atomic mass is 16.5. The number of aliphatic hydroxyl groups is 1. The number of aliphatic hydroxyl groups excluding tert-OH is 1. The number of nitrogens with zero attached hydrogens (tertiary/aromatic N) is 1. The van der Waals surface area contributed by atoms with Gasteiger partial charge >= 0.3 is 0 Å². The summed E-state index contributed by atoms with van der Waals surface area (Å²) < 4.78 is 5.80. The molecule has 1 heterocycles. The molecule has 0 fully saturated rings. The van der Waals surface area contributed by atoms with Crippen molar-refractivity contribution in [3.8, 4) is 5.75 Å². The summed E-state index contributed by atoms with van der Waals surface area (Å²) in [6.45, 7) is 1.68. The van der Waals surface area contributed by atoms with Crippen LogP contribution in [0, 0.1) is 5.92 Å². The molecule has 2 aliphatic rings. The fourth-order valence-corrected chi connectivity index (χ4v) is 3.90. The van der Waals surface area contributed by atoms with E-state index in [-0.39, 0.29) is 18.4 Å². The first kappa shape index (κ1) is 16.2. The van der Waals surface area contributed by atoms with Gasteiger partial charge in [-0.25, -0.2) is 0 Å². The Hall–Kier alpha value is -2.33. The van der Waals surface area contributed by atoms with E-state index in [9.17, 15) is 9.90 Å². The van der Waals surface area contributed by atoms with Crippen LogP contribution in [0.25, 0.3) is 0 Å². The molecule has 1 unspecified atom stereocenters. The van der Waals surface area contributed by atoms with E-state index in [1.54, 1.807) is 0 Å². The third-order valence-electron chi connectivity index (χ3n) is 5.30. The second-order valence-electron chi connectivity index (χ2n) is 6.92. The predicted octanol–water partition coefficient (Wildman–Crippen LogP) is 2.71. The summed E-state index contributed by atoms with van der Waals surface area (Å²) in [6, 6.07) is 14.1. The van der Waals surface area contributed by atoms with Crippen molar-refractivity contribution < 1.29 is 14.6 Å². The van der Waals surface area contributed by atoms with E-state index in [2.05, 4.69) is 24.3 Å². The van der Waals surface area contributed by atoms with Crippen LogP contribution in [0.15, 0.2) is 42.5 Å². The molecule has 0 saturated carbocycles. The van der Waals surface area contributed by atoms with Gasteiger partial charge in [0.25, 0.3) is 0 Å². The molecule has 0 spiro atoms. The SMILES string of the molecule is O=C(C1CCc2ccccc2C1)N1CCOc2ccc(CO)cc2C1. The van der Waals surface area contributed by atoms with Crippen molar-refractivity contribution in [3.05, 3.63) is 64.7 Å². The normalized spacial score (nSPS) is 19.4. The molecule has 2 aromatic rings. The number of rotatable bonds is 2. The Morgan fingerprint density at radius 3 is 2.84 bits per heavy atom. The molecular weight excluding hydrogens is 314 g/mol. The number of carbonyl (C=O) groups excluding carboxylic acids is 1. The molecular formula is C21H23NO3. The molecule has 4 rings (SSSR count). The molecule has 1 N–H and O–H groups in total. The molecule has 25 heavy (non-hydrogen) atoms. The summed E-state index contributed by atoms with van der Waals surface area (Å²) in [6.07, 6.45) is 2.72. The van der Waals surface area contributed by atoms with Gasteiger partial charge in [0.05, 0.1) is 13.2 Å². The van der Waals surface area contributed by atoms with Gasteiger partial charge in [0.1, 0.15) is 12.4 Å². The first-order valence-electron chi connectivity index (χ1n) is 8.95. The van der Waals surface area contributed by atoms with E-state index < -0.39 is 0 Å². The molecule has 0 aromatic heterocycles. The number of aryl methyl sites for hydroxylation is 1. The second kappa shape index (κ2) is 6.89. The molecule has 4 heteroatoms. The van der Waals surface area contributed by atoms with Crippen LogP contribution in [-0.4, -0.2) is 29.1 Å². The van der Waals surface area contributed by atoms with E-state index in [1.165, 1.54) is 11.1 Å². The predicted molar refractivity (Wildman–Crippen MR) is 95.2 cm³/mol. The smallest absolute Gasteiger partial charge is 0.226 e. The maximum atomic E-state index is 13.1. The van der Waals surface area contributed by atoms with Crippen molar-refractivity contribution in [2.75, 3.05) is 13.2 Å². The van der Waals surface area contributed by atoms with Crippen LogP contribution >= 0.6 is 0 Å². The summed E-state index contributed by atoms with van der Waals surface area (Å²) in [5.41, 5.74) is 4.52. The minimum atomic E-state index is 0.000630. The van der Waals surface area contributed by atoms with Crippen molar-refractivity contribution in [2.45, 2.75) is 32.4 Å². The molecule has 0 radical (unpaired) electrons. The number of ether oxygens (including phenoxy) is 1. The number of hydrogen-bond donors (Lipinski definition) is 1. The van der Waals surface area contributed by atoms with Crippen molar-refractivity contribution in [1.29, 1.82) is 0 Å². The zero-order valence-corrected chi connectivity index (χ0v) is 14.3. The Balaban J connectivity index is 1.52. The highest BCUT2D eigenvalue weighted by molar-refractivity contribution is 5.79. The highest BCUT2D eigenvalue weighted by Gasteiger charge is 2.29. The number of hydrogen-bond acceptors (Lipinski definition) is 3. The van der Waals surface area contributed by atoms with Gasteiger partial charge in [-0.05, 0) is 48.1 Å². The molecule has 1 aliphatic heterocycles. The lowest BCUT2D eigenvalue weighted by molar-refractivity contribution is -0.136. The van der Waals surface area contributed by atoms with Crippen molar-refractivity contribution in [2.24, 2.45) is 5.92 Å². The van der Waals surface area contributed by atoms with Gasteiger partial charge in [0.15, 0.2) is 0 Å². The topological polar surface area (TPSA) is 49.8 Å². The Morgan fingerprint density at radius 2 is 2.00 bits per heavy atom. The fourth-order valence-electron chi connectivity index (χ4n) is 3.90. The zero-order valence-electron chi connectivity index (χ0n) is 14.3. The maximum absolute atomic E-state index is 13.1. The molecule has 4 nitrogen and oxygen atoms in total. The summed E-state index contributed by atoms with van der Waals surface area (Å²) in [5, 5.41) is 9.36. The number of fused-ring (bicyclic) bond motifs is 2. The van der Waals surface area contributed by atoms with Crippen LogP contribution < -0.4 is 4.74 Å². The number of benzene rings is 2. The quantitative estimate of drug-likeness (QED) is 0.917. The fraction of sp³-hybridized carbons (Fsp3) is 0.381. The average Bonchev–Trinajstić information content (AvgIpc) is 2.88. The minimum Gasteiger partial charge on any atom is -0.491 e. The summed E-state index contributed by atoms with van der Waals surface area (Å²) in [4.78, 5) is 15.0. The lowest BCUT2D eigenvalue weighted by atomic mass is 9.83. The molecule has 2 aromatic carbocycles. The number of amides is 1. The molecule has 1 aliphatic carbocycles. The largest absolute Gasteiger partial charge is 0.491 e. The van der Waals surface area contributed by atoms with Gasteiger partial charge in [-0.1, -0.05) is 30.3 Å². The first-order valence-corrected chi connectivity index (χ1v) is 8.95. The molecule has 1 atom stereocenters. The van der Waals surface area contributed by atoms with E-state index in [0.29, 0.717) is 19.7 Å². The molecule has 1 amide bonds. The average molecular weight is 337 g/mol. The Morgan fingerprint density at radius 1 is 1.16 bits per heavy atom. The van der Waals surface area contributed by atoms with E-state index >= 15 is 0 Å². The third kappa shape index (κ3) is 3.27. The molecule has 0 bridgehead atoms. The van der Waals surface area contributed by atoms with Crippen LogP contribution in [0.4, 0.5) is 0 Å². The first-order chi connectivity index (χ1) is 12.2. The minimum absolute atomic E-state index is 0.000630. The third-order valence-corrected chi connectivity index (χ3v) is 5.30. The highest BCUT2D eigenvalue weighted by Crippen LogP contribution is 2.29. The van der Waals surface area contributed by atoms with E-state index in [1.807, 2.05) is 23.1 Å². The van der Waals surface area contributed by atoms with Gasteiger partial charge in [-0.15, -0.1) is 0 Å². The van der Waals surface area contributed by atoms with Crippen molar-refractivity contribution >= 4 is 5.91 Å². The van der Waals surface area contributed by atoms with Crippen LogP contribution in [-0.2, 0) is 30.8 Å². The van der Waals surface area contributed by atoms with Crippen molar-refractivity contribution in [3.63, 3.8) is 0 Å². The molecule has 130 valence electrons. The van der Waals surface area contributed by atoms with Gasteiger partial charge in [0, 0.05) is 18.0 Å². The Bertz CT molecular complexity index is 786. The summed E-state index contributed by atoms with van der Waals surface area (Å²) >= 11 is 0. The van der Waals surface area contributed by atoms with Gasteiger partial charge in [0.2, 0.25) is 5.91 Å².